The molecule has 4 aliphatic rings. The molecular formula is C31H21FN2O3S. The number of amides is 1. The number of carbonyl (C=O) groups is 3. The third-order valence-corrected chi connectivity index (χ3v) is 8.67. The average Bonchev–Trinajstić information content (AvgIpc) is 3.45. The minimum absolute atomic E-state index is 0.0330. The van der Waals surface area contributed by atoms with Gasteiger partial charge in [-0.1, -0.05) is 78.5 Å². The van der Waals surface area contributed by atoms with Crippen LogP contribution in [-0.4, -0.2) is 33.3 Å². The number of rotatable bonds is 3. The number of nitrogens with zero attached hydrogens (tertiary/aromatic N) is 2. The second-order valence-electron chi connectivity index (χ2n) is 9.81. The molecular weight excluding hydrogens is 499 g/mol. The van der Waals surface area contributed by atoms with Gasteiger partial charge >= 0.3 is 0 Å². The summed E-state index contributed by atoms with van der Waals surface area (Å²) in [4.78, 5) is 47.1. The van der Waals surface area contributed by atoms with E-state index in [1.807, 2.05) is 54.6 Å². The van der Waals surface area contributed by atoms with Crippen molar-refractivity contribution in [3.63, 3.8) is 0 Å². The lowest BCUT2D eigenvalue weighted by atomic mass is 9.69. The van der Waals surface area contributed by atoms with E-state index in [1.165, 1.54) is 23.9 Å². The molecule has 7 heteroatoms. The Bertz CT molecular complexity index is 1620. The molecule has 1 fully saturated rings. The van der Waals surface area contributed by atoms with Crippen molar-refractivity contribution in [2.75, 3.05) is 5.75 Å². The third kappa shape index (κ3) is 3.45. The Kier molecular flexibility index (Phi) is 5.30. The van der Waals surface area contributed by atoms with E-state index in [4.69, 9.17) is 4.99 Å². The normalized spacial score (nSPS) is 24.2. The minimum atomic E-state index is -0.741. The van der Waals surface area contributed by atoms with E-state index >= 15 is 0 Å². The van der Waals surface area contributed by atoms with Crippen LogP contribution in [0.25, 0.3) is 5.57 Å². The monoisotopic (exact) mass is 520 g/mol. The van der Waals surface area contributed by atoms with Gasteiger partial charge < -0.3 is 0 Å². The van der Waals surface area contributed by atoms with Gasteiger partial charge in [-0.05, 0) is 40.5 Å². The number of allylic oxidation sites excluding steroid dienone is 3. The standard InChI is InChI=1S/C31H21FN2O3S/c32-19-12-10-18(11-13-19)27-28-22(20-8-4-5-9-21(20)30(28)37)14-25(35)29(27)23-15-24(17-6-2-1-3-7-17)34-26(36)16-38-31(34)33-23/h1-13,15,24,27,29H,14,16H2. The van der Waals surface area contributed by atoms with Crippen LogP contribution in [0.4, 0.5) is 4.39 Å². The number of aliphatic imine (C=N–C) groups is 1. The Morgan fingerprint density at radius 3 is 2.29 bits per heavy atom. The van der Waals surface area contributed by atoms with E-state index in [9.17, 15) is 18.8 Å². The molecule has 2 heterocycles. The van der Waals surface area contributed by atoms with E-state index in [1.54, 1.807) is 23.1 Å². The van der Waals surface area contributed by atoms with E-state index in [2.05, 4.69) is 0 Å². The maximum absolute atomic E-state index is 14.0. The SMILES string of the molecule is O=C1C2=C(CC(=O)C(C3=CC(c4ccccc4)N4C(=O)CSC4=N3)C2c2ccc(F)cc2)c2ccccc21. The molecule has 2 aliphatic heterocycles. The second-order valence-corrected chi connectivity index (χ2v) is 10.8. The third-order valence-electron chi connectivity index (χ3n) is 7.73. The molecule has 38 heavy (non-hydrogen) atoms. The van der Waals surface area contributed by atoms with Gasteiger partial charge in [-0.25, -0.2) is 9.38 Å². The molecule has 186 valence electrons. The molecule has 3 atom stereocenters. The summed E-state index contributed by atoms with van der Waals surface area (Å²) in [6.45, 7) is 0. The second kappa shape index (κ2) is 8.74. The van der Waals surface area contributed by atoms with Gasteiger partial charge in [0.05, 0.1) is 23.4 Å². The number of halogens is 1. The highest BCUT2D eigenvalue weighted by Crippen LogP contribution is 2.52. The summed E-state index contributed by atoms with van der Waals surface area (Å²) in [5.41, 5.74) is 4.86. The van der Waals surface area contributed by atoms with Crippen molar-refractivity contribution >= 4 is 40.0 Å². The van der Waals surface area contributed by atoms with Crippen molar-refractivity contribution in [1.82, 2.24) is 4.90 Å². The number of amidine groups is 1. The lowest BCUT2D eigenvalue weighted by molar-refractivity contribution is -0.125. The molecule has 2 aliphatic carbocycles. The Morgan fingerprint density at radius 1 is 0.816 bits per heavy atom. The van der Waals surface area contributed by atoms with Gasteiger partial charge in [0.15, 0.2) is 11.0 Å². The summed E-state index contributed by atoms with van der Waals surface area (Å²) in [5, 5.41) is 0.563. The number of ketones is 2. The van der Waals surface area contributed by atoms with Gasteiger partial charge in [-0.3, -0.25) is 19.3 Å². The molecule has 0 radical (unpaired) electrons. The summed E-state index contributed by atoms with van der Waals surface area (Å²) in [6.07, 6.45) is 2.01. The van der Waals surface area contributed by atoms with Crippen molar-refractivity contribution in [2.45, 2.75) is 18.4 Å². The highest BCUT2D eigenvalue weighted by Gasteiger charge is 2.48. The van der Waals surface area contributed by atoms with Crippen molar-refractivity contribution in [2.24, 2.45) is 10.9 Å². The molecule has 3 aromatic rings. The van der Waals surface area contributed by atoms with Crippen LogP contribution in [-0.2, 0) is 9.59 Å². The lowest BCUT2D eigenvalue weighted by Gasteiger charge is -2.36. The number of Topliss-reactive ketones (excluding diaryl/α,β-unsaturated/α-hetero) is 2. The Labute approximate surface area is 222 Å². The molecule has 7 rings (SSSR count). The molecule has 1 saturated heterocycles. The molecule has 0 saturated carbocycles. The molecule has 3 unspecified atom stereocenters. The van der Waals surface area contributed by atoms with Crippen LogP contribution in [0.15, 0.2) is 101 Å². The average molecular weight is 521 g/mol. The number of fused-ring (bicyclic) bond motifs is 3. The lowest BCUT2D eigenvalue weighted by Crippen LogP contribution is -2.38. The fourth-order valence-corrected chi connectivity index (χ4v) is 6.99. The van der Waals surface area contributed by atoms with Crippen LogP contribution in [0.5, 0.6) is 0 Å². The maximum Gasteiger partial charge on any atom is 0.239 e. The zero-order chi connectivity index (χ0) is 26.0. The molecule has 3 aromatic carbocycles. The van der Waals surface area contributed by atoms with E-state index in [0.717, 1.165) is 16.7 Å². The van der Waals surface area contributed by atoms with Gasteiger partial charge in [0.25, 0.3) is 0 Å². The minimum Gasteiger partial charge on any atom is -0.299 e. The maximum atomic E-state index is 14.0. The zero-order valence-electron chi connectivity index (χ0n) is 20.1. The van der Waals surface area contributed by atoms with Crippen LogP contribution in [0, 0.1) is 11.7 Å². The fourth-order valence-electron chi connectivity index (χ4n) is 6.08. The predicted octanol–water partition coefficient (Wildman–Crippen LogP) is 5.72. The summed E-state index contributed by atoms with van der Waals surface area (Å²) in [6, 6.07) is 22.6. The van der Waals surface area contributed by atoms with Gasteiger partial charge in [-0.2, -0.15) is 0 Å². The Balaban J connectivity index is 1.42. The van der Waals surface area contributed by atoms with Crippen molar-refractivity contribution in [1.29, 1.82) is 0 Å². The first-order chi connectivity index (χ1) is 18.5. The van der Waals surface area contributed by atoms with E-state index < -0.39 is 17.9 Å². The first kappa shape index (κ1) is 23.0. The van der Waals surface area contributed by atoms with Crippen LogP contribution in [0.2, 0.25) is 0 Å². The topological polar surface area (TPSA) is 66.8 Å². The van der Waals surface area contributed by atoms with Gasteiger partial charge in [0.2, 0.25) is 5.91 Å². The highest BCUT2D eigenvalue weighted by molar-refractivity contribution is 8.15. The number of thioether (sulfide) groups is 1. The molecule has 0 N–H and O–H groups in total. The molecule has 5 nitrogen and oxygen atoms in total. The van der Waals surface area contributed by atoms with E-state index in [0.29, 0.717) is 27.6 Å². The summed E-state index contributed by atoms with van der Waals surface area (Å²) in [5.74, 6) is -1.64. The van der Waals surface area contributed by atoms with Gasteiger partial charge in [0, 0.05) is 23.5 Å². The Morgan fingerprint density at radius 2 is 1.53 bits per heavy atom. The van der Waals surface area contributed by atoms with Crippen molar-refractivity contribution in [3.8, 4) is 0 Å². The predicted molar refractivity (Wildman–Crippen MR) is 144 cm³/mol. The summed E-state index contributed by atoms with van der Waals surface area (Å²) < 4.78 is 13.9. The number of carbonyl (C=O) groups excluding carboxylic acids is 3. The smallest absolute Gasteiger partial charge is 0.239 e. The van der Waals surface area contributed by atoms with Crippen LogP contribution in [0.1, 0.15) is 45.4 Å². The van der Waals surface area contributed by atoms with Crippen molar-refractivity contribution < 1.29 is 18.8 Å². The molecule has 0 bridgehead atoms. The van der Waals surface area contributed by atoms with Crippen LogP contribution >= 0.6 is 11.8 Å². The van der Waals surface area contributed by atoms with Gasteiger partial charge in [0.1, 0.15) is 11.6 Å². The summed E-state index contributed by atoms with van der Waals surface area (Å²) in [7, 11) is 0. The highest BCUT2D eigenvalue weighted by atomic mass is 32.2. The molecule has 0 spiro atoms. The van der Waals surface area contributed by atoms with Gasteiger partial charge in [-0.15, -0.1) is 0 Å². The first-order valence-electron chi connectivity index (χ1n) is 12.5. The first-order valence-corrected chi connectivity index (χ1v) is 13.5. The number of benzene rings is 3. The van der Waals surface area contributed by atoms with E-state index in [-0.39, 0.29) is 35.5 Å². The summed E-state index contributed by atoms with van der Waals surface area (Å²) >= 11 is 1.36. The zero-order valence-corrected chi connectivity index (χ0v) is 21.0. The number of hydrogen-bond acceptors (Lipinski definition) is 5. The quantitative estimate of drug-likeness (QED) is 0.443. The van der Waals surface area contributed by atoms with Crippen LogP contribution < -0.4 is 0 Å². The van der Waals surface area contributed by atoms with Crippen LogP contribution in [0.3, 0.4) is 0 Å². The fraction of sp³-hybridized carbons (Fsp3) is 0.161. The van der Waals surface area contributed by atoms with Crippen molar-refractivity contribution in [3.05, 3.63) is 124 Å². The Hall–Kier alpha value is -4.10. The molecule has 0 aromatic heterocycles. The largest absolute Gasteiger partial charge is 0.299 e. The molecule has 1 amide bonds. The number of hydrogen-bond donors (Lipinski definition) is 0.